The largest absolute Gasteiger partial charge is 0.504 e. The molecule has 0 spiro atoms. The number of hydrogen-bond donors (Lipinski definition) is 7. The Morgan fingerprint density at radius 1 is 1.03 bits per heavy atom. The monoisotopic (exact) mass is 478 g/mol. The third-order valence-electron chi connectivity index (χ3n) is 5.04. The SMILES string of the molecule is COc1ccc(C=CC(=O)c2ccccc2OC2OC(C(=O)O)C(O)(O)C(O)C2(O)O)cc1O. The van der Waals surface area contributed by atoms with Crippen LogP contribution in [0.25, 0.3) is 6.08 Å². The van der Waals surface area contributed by atoms with Crippen molar-refractivity contribution in [2.24, 2.45) is 0 Å². The highest BCUT2D eigenvalue weighted by Crippen LogP contribution is 2.36. The fraction of sp³-hybridized carbons (Fsp3) is 0.273. The number of phenols is 1. The Morgan fingerprint density at radius 2 is 1.71 bits per heavy atom. The van der Waals surface area contributed by atoms with Crippen LogP contribution in [-0.4, -0.2) is 84.7 Å². The summed E-state index contributed by atoms with van der Waals surface area (Å²) >= 11 is 0. The number of carbonyl (C=O) groups excluding carboxylic acids is 1. The van der Waals surface area contributed by atoms with Crippen molar-refractivity contribution < 1.29 is 59.5 Å². The number of allylic oxidation sites excluding steroid dienone is 1. The Bertz CT molecular complexity index is 1110. The van der Waals surface area contributed by atoms with Gasteiger partial charge in [0.25, 0.3) is 12.1 Å². The second-order valence-corrected chi connectivity index (χ2v) is 7.40. The lowest BCUT2D eigenvalue weighted by Gasteiger charge is -2.47. The molecule has 1 saturated heterocycles. The summed E-state index contributed by atoms with van der Waals surface area (Å²) in [4.78, 5) is 24.1. The molecule has 0 radical (unpaired) electrons. The number of aliphatic carboxylic acids is 1. The van der Waals surface area contributed by atoms with Gasteiger partial charge in [0.2, 0.25) is 11.9 Å². The standard InChI is InChI=1S/C22H22O12/c1-32-16-9-7-11(10-14(16)24)6-8-13(23)12-4-2-3-5-15(12)33-20-22(30,31)19(27)21(28,29)17(34-20)18(25)26/h2-10,17,19-20,24,27-31H,1H3,(H,25,26). The van der Waals surface area contributed by atoms with Gasteiger partial charge in [-0.3, -0.25) is 4.79 Å². The first kappa shape index (κ1) is 25.1. The molecule has 0 saturated carbocycles. The van der Waals surface area contributed by atoms with Crippen LogP contribution in [0.1, 0.15) is 15.9 Å². The highest BCUT2D eigenvalue weighted by Gasteiger charge is 2.65. The van der Waals surface area contributed by atoms with Crippen LogP contribution >= 0.6 is 0 Å². The molecule has 182 valence electrons. The number of aromatic hydroxyl groups is 1. The molecule has 1 fully saturated rings. The number of ketones is 1. The van der Waals surface area contributed by atoms with Gasteiger partial charge in [0, 0.05) is 0 Å². The molecular formula is C22H22O12. The maximum absolute atomic E-state index is 12.7. The summed E-state index contributed by atoms with van der Waals surface area (Å²) in [7, 11) is 1.38. The smallest absolute Gasteiger partial charge is 0.338 e. The molecule has 0 amide bonds. The normalized spacial score (nSPS) is 23.4. The minimum Gasteiger partial charge on any atom is -0.504 e. The Balaban J connectivity index is 1.87. The zero-order valence-electron chi connectivity index (χ0n) is 17.6. The van der Waals surface area contributed by atoms with Gasteiger partial charge in [-0.25, -0.2) is 4.79 Å². The molecule has 12 nitrogen and oxygen atoms in total. The summed E-state index contributed by atoms with van der Waals surface area (Å²) in [6, 6.07) is 9.88. The summed E-state index contributed by atoms with van der Waals surface area (Å²) in [6.45, 7) is 0. The minimum absolute atomic E-state index is 0.109. The van der Waals surface area contributed by atoms with E-state index in [1.54, 1.807) is 6.07 Å². The second kappa shape index (κ2) is 9.38. The molecule has 0 aliphatic carbocycles. The molecule has 2 aromatic rings. The quantitative estimate of drug-likeness (QED) is 0.149. The van der Waals surface area contributed by atoms with E-state index in [2.05, 4.69) is 0 Å². The molecule has 7 N–H and O–H groups in total. The number of phenolic OH excluding ortho intramolecular Hbond substituents is 1. The van der Waals surface area contributed by atoms with Crippen LogP contribution < -0.4 is 9.47 Å². The lowest BCUT2D eigenvalue weighted by Crippen LogP contribution is -2.74. The number of benzene rings is 2. The molecule has 3 atom stereocenters. The van der Waals surface area contributed by atoms with E-state index in [0.717, 1.165) is 6.08 Å². The van der Waals surface area contributed by atoms with Crippen molar-refractivity contribution in [3.63, 3.8) is 0 Å². The molecule has 0 bridgehead atoms. The molecule has 1 aliphatic rings. The lowest BCUT2D eigenvalue weighted by molar-refractivity contribution is -0.440. The van der Waals surface area contributed by atoms with Crippen LogP contribution in [0.2, 0.25) is 0 Å². The first-order chi connectivity index (χ1) is 15.9. The van der Waals surface area contributed by atoms with Crippen molar-refractivity contribution >= 4 is 17.8 Å². The summed E-state index contributed by atoms with van der Waals surface area (Å²) in [5, 5.41) is 68.9. The van der Waals surface area contributed by atoms with E-state index in [9.17, 15) is 40.2 Å². The zero-order chi connectivity index (χ0) is 25.3. The van der Waals surface area contributed by atoms with Crippen LogP contribution in [0.5, 0.6) is 17.2 Å². The summed E-state index contributed by atoms with van der Waals surface area (Å²) in [5.41, 5.74) is 0.349. The van der Waals surface area contributed by atoms with Gasteiger partial charge < -0.3 is 50.0 Å². The van der Waals surface area contributed by atoms with E-state index >= 15 is 0 Å². The Kier molecular flexibility index (Phi) is 6.93. The van der Waals surface area contributed by atoms with Gasteiger partial charge in [-0.05, 0) is 35.9 Å². The summed E-state index contributed by atoms with van der Waals surface area (Å²) < 4.78 is 15.0. The number of para-hydroxylation sites is 1. The third kappa shape index (κ3) is 4.72. The van der Waals surface area contributed by atoms with Crippen LogP contribution in [0.3, 0.4) is 0 Å². The molecule has 1 aliphatic heterocycles. The van der Waals surface area contributed by atoms with Gasteiger partial charge in [0.1, 0.15) is 5.75 Å². The second-order valence-electron chi connectivity index (χ2n) is 7.40. The number of methoxy groups -OCH3 is 1. The number of rotatable bonds is 7. The van der Waals surface area contributed by atoms with Gasteiger partial charge in [0.05, 0.1) is 12.7 Å². The molecule has 3 unspecified atom stereocenters. The predicted octanol–water partition coefficient (Wildman–Crippen LogP) is -0.792. The highest BCUT2D eigenvalue weighted by molar-refractivity contribution is 6.08. The number of carbonyl (C=O) groups is 2. The lowest BCUT2D eigenvalue weighted by atomic mass is 9.92. The van der Waals surface area contributed by atoms with Crippen LogP contribution in [0.15, 0.2) is 48.5 Å². The van der Waals surface area contributed by atoms with Crippen molar-refractivity contribution in [3.05, 3.63) is 59.7 Å². The van der Waals surface area contributed by atoms with Crippen LogP contribution in [0.4, 0.5) is 0 Å². The minimum atomic E-state index is -3.56. The Hall–Kier alpha value is -3.52. The highest BCUT2D eigenvalue weighted by atomic mass is 16.8. The molecule has 3 rings (SSSR count). The summed E-state index contributed by atoms with van der Waals surface area (Å²) in [6.07, 6.45) is -5.14. The van der Waals surface area contributed by atoms with Gasteiger partial charge in [0.15, 0.2) is 23.4 Å². The molecule has 12 heteroatoms. The fourth-order valence-corrected chi connectivity index (χ4v) is 3.22. The topological polar surface area (TPSA) is 203 Å². The predicted molar refractivity (Wildman–Crippen MR) is 112 cm³/mol. The molecule has 0 aromatic heterocycles. The van der Waals surface area contributed by atoms with E-state index < -0.39 is 41.8 Å². The van der Waals surface area contributed by atoms with Crippen molar-refractivity contribution in [1.29, 1.82) is 0 Å². The number of carboxylic acid groups (broad SMARTS) is 1. The average molecular weight is 478 g/mol. The first-order valence-electron chi connectivity index (χ1n) is 9.70. The van der Waals surface area contributed by atoms with Gasteiger partial charge in [-0.1, -0.05) is 24.3 Å². The van der Waals surface area contributed by atoms with Crippen molar-refractivity contribution in [3.8, 4) is 17.2 Å². The molecule has 34 heavy (non-hydrogen) atoms. The zero-order valence-corrected chi connectivity index (χ0v) is 17.6. The van der Waals surface area contributed by atoms with E-state index in [0.29, 0.717) is 5.56 Å². The molecular weight excluding hydrogens is 456 g/mol. The maximum Gasteiger partial charge on any atom is 0.338 e. The van der Waals surface area contributed by atoms with Gasteiger partial charge >= 0.3 is 5.97 Å². The first-order valence-corrected chi connectivity index (χ1v) is 9.70. The fourth-order valence-electron chi connectivity index (χ4n) is 3.22. The van der Waals surface area contributed by atoms with Crippen molar-refractivity contribution in [1.82, 2.24) is 0 Å². The van der Waals surface area contributed by atoms with E-state index in [4.69, 9.17) is 19.3 Å². The van der Waals surface area contributed by atoms with Gasteiger partial charge in [-0.2, -0.15) is 0 Å². The number of hydrogen-bond acceptors (Lipinski definition) is 11. The Morgan fingerprint density at radius 3 is 2.32 bits per heavy atom. The maximum atomic E-state index is 12.7. The Labute approximate surface area is 192 Å². The average Bonchev–Trinajstić information content (AvgIpc) is 2.78. The number of aliphatic hydroxyl groups is 5. The van der Waals surface area contributed by atoms with E-state index in [-0.39, 0.29) is 22.8 Å². The van der Waals surface area contributed by atoms with E-state index in [1.807, 2.05) is 0 Å². The number of carboxylic acids is 1. The number of ether oxygens (including phenoxy) is 3. The van der Waals surface area contributed by atoms with Gasteiger partial charge in [-0.15, -0.1) is 0 Å². The third-order valence-corrected chi connectivity index (χ3v) is 5.04. The molecule has 1 heterocycles. The number of aliphatic hydroxyl groups excluding tert-OH is 1. The van der Waals surface area contributed by atoms with Crippen LogP contribution in [-0.2, 0) is 9.53 Å². The van der Waals surface area contributed by atoms with Crippen LogP contribution in [0, 0.1) is 0 Å². The van der Waals surface area contributed by atoms with Crippen molar-refractivity contribution in [2.75, 3.05) is 7.11 Å². The van der Waals surface area contributed by atoms with Crippen molar-refractivity contribution in [2.45, 2.75) is 30.1 Å². The molecule has 2 aromatic carbocycles. The summed E-state index contributed by atoms with van der Waals surface area (Å²) in [5.74, 6) is -9.78. The van der Waals surface area contributed by atoms with E-state index in [1.165, 1.54) is 49.6 Å².